The van der Waals surface area contributed by atoms with Crippen LogP contribution >= 0.6 is 11.6 Å². The average molecular weight is 297 g/mol. The number of carbonyl (C=O) groups excluding carboxylic acids is 1. The van der Waals surface area contributed by atoms with Gasteiger partial charge in [0.15, 0.2) is 0 Å². The fourth-order valence-electron chi connectivity index (χ4n) is 2.49. The lowest BCUT2D eigenvalue weighted by Crippen LogP contribution is -2.39. The molecule has 1 atom stereocenters. The van der Waals surface area contributed by atoms with Crippen molar-refractivity contribution in [2.75, 3.05) is 25.0 Å². The number of hydrogen-bond acceptors (Lipinski definition) is 4. The van der Waals surface area contributed by atoms with Gasteiger partial charge in [0.05, 0.1) is 5.41 Å². The third kappa shape index (κ3) is 2.87. The van der Waals surface area contributed by atoms with E-state index in [9.17, 15) is 4.79 Å². The zero-order chi connectivity index (χ0) is 14.9. The lowest BCUT2D eigenvalue weighted by atomic mass is 9.89. The highest BCUT2D eigenvalue weighted by Crippen LogP contribution is 2.33. The van der Waals surface area contributed by atoms with Crippen molar-refractivity contribution in [2.24, 2.45) is 5.41 Å². The van der Waals surface area contributed by atoms with Crippen molar-refractivity contribution in [2.45, 2.75) is 33.1 Å². The van der Waals surface area contributed by atoms with Crippen molar-refractivity contribution >= 4 is 23.3 Å². The van der Waals surface area contributed by atoms with Crippen LogP contribution in [-0.2, 0) is 4.79 Å². The molecule has 0 bridgehead atoms. The molecule has 1 aromatic rings. The number of nitrogens with one attached hydrogen (secondary N) is 1. The van der Waals surface area contributed by atoms with Gasteiger partial charge >= 0.3 is 0 Å². The van der Waals surface area contributed by atoms with Crippen LogP contribution in [0.4, 0.5) is 5.82 Å². The van der Waals surface area contributed by atoms with E-state index in [0.29, 0.717) is 11.7 Å². The second-order valence-electron chi connectivity index (χ2n) is 5.87. The summed E-state index contributed by atoms with van der Waals surface area (Å²) in [5.74, 6) is 1.84. The number of rotatable bonds is 3. The van der Waals surface area contributed by atoms with Crippen LogP contribution in [0.3, 0.4) is 0 Å². The minimum absolute atomic E-state index is 0.0734. The second kappa shape index (κ2) is 5.56. The maximum Gasteiger partial charge on any atom is 0.227 e. The molecule has 1 N–H and O–H groups in total. The summed E-state index contributed by atoms with van der Waals surface area (Å²) in [5.41, 5.74) is -0.371. The normalized spacial score (nSPS) is 22.4. The smallest absolute Gasteiger partial charge is 0.227 e. The Labute approximate surface area is 124 Å². The first kappa shape index (κ1) is 15.0. The van der Waals surface area contributed by atoms with E-state index in [4.69, 9.17) is 11.6 Å². The van der Waals surface area contributed by atoms with E-state index in [1.54, 1.807) is 13.1 Å². The Morgan fingerprint density at radius 2 is 2.20 bits per heavy atom. The summed E-state index contributed by atoms with van der Waals surface area (Å²) in [6, 6.07) is 1.77. The predicted octanol–water partition coefficient (Wildman–Crippen LogP) is 2.22. The summed E-state index contributed by atoms with van der Waals surface area (Å²) >= 11 is 6.08. The molecule has 20 heavy (non-hydrogen) atoms. The standard InChI is InChI=1S/C14H21ClN4O/c1-9(2)12-17-10(15)7-11(18-12)19-6-5-14(3,8-19)13(20)16-4/h7,9H,5-6,8H2,1-4H3,(H,16,20). The molecule has 1 fully saturated rings. The Kier molecular flexibility index (Phi) is 4.18. The third-order valence-corrected chi connectivity index (χ3v) is 3.98. The topological polar surface area (TPSA) is 58.1 Å². The fraction of sp³-hybridized carbons (Fsp3) is 0.643. The molecule has 6 heteroatoms. The molecule has 0 saturated carbocycles. The first-order valence-corrected chi connectivity index (χ1v) is 7.25. The van der Waals surface area contributed by atoms with Gasteiger partial charge in [0.1, 0.15) is 16.8 Å². The molecule has 1 aromatic heterocycles. The van der Waals surface area contributed by atoms with Gasteiger partial charge in [0.25, 0.3) is 0 Å². The zero-order valence-electron chi connectivity index (χ0n) is 12.4. The Hall–Kier alpha value is -1.36. The molecule has 0 radical (unpaired) electrons. The van der Waals surface area contributed by atoms with Gasteiger partial charge < -0.3 is 10.2 Å². The molecule has 2 rings (SSSR count). The molecular formula is C14H21ClN4O. The summed E-state index contributed by atoms with van der Waals surface area (Å²) in [4.78, 5) is 22.9. The average Bonchev–Trinajstić information content (AvgIpc) is 2.81. The largest absolute Gasteiger partial charge is 0.359 e. The second-order valence-corrected chi connectivity index (χ2v) is 6.26. The molecule has 0 spiro atoms. The number of hydrogen-bond donors (Lipinski definition) is 1. The first-order chi connectivity index (χ1) is 9.35. The molecule has 1 unspecified atom stereocenters. The van der Waals surface area contributed by atoms with Gasteiger partial charge in [-0.05, 0) is 13.3 Å². The van der Waals surface area contributed by atoms with Gasteiger partial charge in [-0.2, -0.15) is 0 Å². The van der Waals surface area contributed by atoms with Crippen LogP contribution in [0.1, 0.15) is 38.9 Å². The molecule has 0 aromatic carbocycles. The molecule has 5 nitrogen and oxygen atoms in total. The van der Waals surface area contributed by atoms with Gasteiger partial charge in [0.2, 0.25) is 5.91 Å². The molecule has 1 aliphatic heterocycles. The lowest BCUT2D eigenvalue weighted by Gasteiger charge is -2.23. The van der Waals surface area contributed by atoms with Crippen LogP contribution < -0.4 is 10.2 Å². The van der Waals surface area contributed by atoms with E-state index < -0.39 is 0 Å². The van der Waals surface area contributed by atoms with Crippen LogP contribution in [-0.4, -0.2) is 36.0 Å². The molecule has 1 saturated heterocycles. The minimum atomic E-state index is -0.371. The number of anilines is 1. The molecule has 110 valence electrons. The lowest BCUT2D eigenvalue weighted by molar-refractivity contribution is -0.128. The van der Waals surface area contributed by atoms with E-state index in [1.807, 2.05) is 20.8 Å². The monoisotopic (exact) mass is 296 g/mol. The number of aromatic nitrogens is 2. The summed E-state index contributed by atoms with van der Waals surface area (Å²) in [6.45, 7) is 7.51. The van der Waals surface area contributed by atoms with Crippen LogP contribution in [0.5, 0.6) is 0 Å². The van der Waals surface area contributed by atoms with Gasteiger partial charge in [-0.3, -0.25) is 4.79 Å². The van der Waals surface area contributed by atoms with Gasteiger partial charge in [-0.15, -0.1) is 0 Å². The van der Waals surface area contributed by atoms with E-state index in [1.165, 1.54) is 0 Å². The van der Waals surface area contributed by atoms with Gasteiger partial charge in [-0.1, -0.05) is 25.4 Å². The predicted molar refractivity (Wildman–Crippen MR) is 80.1 cm³/mol. The van der Waals surface area contributed by atoms with E-state index in [2.05, 4.69) is 20.2 Å². The van der Waals surface area contributed by atoms with Crippen molar-refractivity contribution in [1.82, 2.24) is 15.3 Å². The summed E-state index contributed by atoms with van der Waals surface area (Å²) in [5, 5.41) is 3.19. The maximum atomic E-state index is 12.0. The Balaban J connectivity index is 2.24. The highest BCUT2D eigenvalue weighted by Gasteiger charge is 2.40. The summed E-state index contributed by atoms with van der Waals surface area (Å²) < 4.78 is 0. The number of carbonyl (C=O) groups is 1. The minimum Gasteiger partial charge on any atom is -0.359 e. The van der Waals surface area contributed by atoms with Gasteiger partial charge in [-0.25, -0.2) is 9.97 Å². The van der Waals surface area contributed by atoms with Crippen LogP contribution in [0.15, 0.2) is 6.07 Å². The number of halogens is 1. The highest BCUT2D eigenvalue weighted by molar-refractivity contribution is 6.29. The molecule has 2 heterocycles. The number of amides is 1. The molecule has 1 aliphatic rings. The maximum absolute atomic E-state index is 12.0. The Morgan fingerprint density at radius 3 is 2.80 bits per heavy atom. The van der Waals surface area contributed by atoms with Crippen LogP contribution in [0.2, 0.25) is 5.15 Å². The van der Waals surface area contributed by atoms with Crippen LogP contribution in [0, 0.1) is 5.41 Å². The van der Waals surface area contributed by atoms with Crippen molar-refractivity contribution in [3.05, 3.63) is 17.0 Å². The van der Waals surface area contributed by atoms with Gasteiger partial charge in [0, 0.05) is 32.1 Å². The zero-order valence-corrected chi connectivity index (χ0v) is 13.2. The molecule has 1 amide bonds. The van der Waals surface area contributed by atoms with Crippen molar-refractivity contribution in [1.29, 1.82) is 0 Å². The highest BCUT2D eigenvalue weighted by atomic mass is 35.5. The van der Waals surface area contributed by atoms with Crippen molar-refractivity contribution in [3.63, 3.8) is 0 Å². The fourth-order valence-corrected chi connectivity index (χ4v) is 2.67. The SMILES string of the molecule is CNC(=O)C1(C)CCN(c2cc(Cl)nc(C(C)C)n2)C1. The molecular weight excluding hydrogens is 276 g/mol. The molecule has 0 aliphatic carbocycles. The van der Waals surface area contributed by atoms with Crippen LogP contribution in [0.25, 0.3) is 0 Å². The Morgan fingerprint density at radius 1 is 1.50 bits per heavy atom. The van der Waals surface area contributed by atoms with E-state index in [-0.39, 0.29) is 17.2 Å². The first-order valence-electron chi connectivity index (χ1n) is 6.87. The summed E-state index contributed by atoms with van der Waals surface area (Å²) in [7, 11) is 1.68. The van der Waals surface area contributed by atoms with E-state index in [0.717, 1.165) is 24.6 Å². The number of nitrogens with zero attached hydrogens (tertiary/aromatic N) is 3. The Bertz CT molecular complexity index is 520. The summed E-state index contributed by atoms with van der Waals surface area (Å²) in [6.07, 6.45) is 0.811. The van der Waals surface area contributed by atoms with Crippen molar-refractivity contribution < 1.29 is 4.79 Å². The van der Waals surface area contributed by atoms with E-state index >= 15 is 0 Å². The van der Waals surface area contributed by atoms with Crippen molar-refractivity contribution in [3.8, 4) is 0 Å². The third-order valence-electron chi connectivity index (χ3n) is 3.79. The quantitative estimate of drug-likeness (QED) is 0.869.